The van der Waals surface area contributed by atoms with Crippen molar-refractivity contribution >= 4 is 15.7 Å². The third-order valence-electron chi connectivity index (χ3n) is 3.10. The van der Waals surface area contributed by atoms with Gasteiger partial charge < -0.3 is 11.1 Å². The lowest BCUT2D eigenvalue weighted by atomic mass is 9.98. The van der Waals surface area contributed by atoms with Crippen LogP contribution in [0.15, 0.2) is 0 Å². The lowest BCUT2D eigenvalue weighted by molar-refractivity contribution is -0.125. The number of sulfone groups is 1. The molecule has 1 rings (SSSR count). The van der Waals surface area contributed by atoms with E-state index in [9.17, 15) is 13.2 Å². The summed E-state index contributed by atoms with van der Waals surface area (Å²) in [4.78, 5) is 11.9. The van der Waals surface area contributed by atoms with Crippen LogP contribution in [-0.2, 0) is 14.6 Å². The van der Waals surface area contributed by atoms with E-state index in [2.05, 4.69) is 5.32 Å². The van der Waals surface area contributed by atoms with Crippen molar-refractivity contribution in [2.75, 3.05) is 18.1 Å². The van der Waals surface area contributed by atoms with Gasteiger partial charge in [0.2, 0.25) is 5.91 Å². The Kier molecular flexibility index (Phi) is 5.39. The van der Waals surface area contributed by atoms with Crippen LogP contribution in [-0.4, -0.2) is 38.4 Å². The highest BCUT2D eigenvalue weighted by molar-refractivity contribution is 7.91. The Labute approximate surface area is 103 Å². The number of hydrogen-bond acceptors (Lipinski definition) is 4. The minimum absolute atomic E-state index is 0.0422. The minimum Gasteiger partial charge on any atom is -0.352 e. The molecule has 1 saturated heterocycles. The van der Waals surface area contributed by atoms with Crippen LogP contribution in [0.1, 0.15) is 32.6 Å². The van der Waals surface area contributed by atoms with E-state index in [1.165, 1.54) is 0 Å². The maximum atomic E-state index is 11.9. The highest BCUT2D eigenvalue weighted by atomic mass is 32.2. The second kappa shape index (κ2) is 6.35. The smallest absolute Gasteiger partial charge is 0.223 e. The number of rotatable bonds is 6. The maximum absolute atomic E-state index is 11.9. The van der Waals surface area contributed by atoms with Crippen LogP contribution in [0, 0.1) is 5.92 Å². The quantitative estimate of drug-likeness (QED) is 0.708. The van der Waals surface area contributed by atoms with E-state index in [4.69, 9.17) is 5.73 Å². The van der Waals surface area contributed by atoms with Crippen LogP contribution in [0.3, 0.4) is 0 Å². The van der Waals surface area contributed by atoms with E-state index in [1.54, 1.807) is 0 Å². The van der Waals surface area contributed by atoms with E-state index >= 15 is 0 Å². The van der Waals surface area contributed by atoms with Gasteiger partial charge in [0.15, 0.2) is 9.84 Å². The third kappa shape index (κ3) is 4.63. The fourth-order valence-electron chi connectivity index (χ4n) is 2.18. The van der Waals surface area contributed by atoms with E-state index in [1.807, 2.05) is 6.92 Å². The van der Waals surface area contributed by atoms with Gasteiger partial charge in [-0.2, -0.15) is 0 Å². The molecule has 1 aliphatic heterocycles. The Morgan fingerprint density at radius 3 is 2.65 bits per heavy atom. The summed E-state index contributed by atoms with van der Waals surface area (Å²) in [5.41, 5.74) is 5.47. The number of nitrogens with two attached hydrogens (primary N) is 1. The summed E-state index contributed by atoms with van der Waals surface area (Å²) >= 11 is 0. The van der Waals surface area contributed by atoms with Gasteiger partial charge in [0.1, 0.15) is 0 Å². The van der Waals surface area contributed by atoms with Crippen LogP contribution >= 0.6 is 0 Å². The molecule has 0 aromatic heterocycles. The summed E-state index contributed by atoms with van der Waals surface area (Å²) in [6.45, 7) is 2.51. The Morgan fingerprint density at radius 2 is 2.18 bits per heavy atom. The topological polar surface area (TPSA) is 89.3 Å². The Morgan fingerprint density at radius 1 is 1.47 bits per heavy atom. The molecule has 0 saturated carbocycles. The van der Waals surface area contributed by atoms with Gasteiger partial charge >= 0.3 is 0 Å². The lowest BCUT2D eigenvalue weighted by Crippen LogP contribution is -2.40. The predicted molar refractivity (Wildman–Crippen MR) is 67.3 cm³/mol. The number of carbonyl (C=O) groups excluding carboxylic acids is 1. The molecule has 1 heterocycles. The molecule has 0 bridgehead atoms. The zero-order valence-corrected chi connectivity index (χ0v) is 11.1. The highest BCUT2D eigenvalue weighted by Crippen LogP contribution is 2.15. The molecule has 0 radical (unpaired) electrons. The van der Waals surface area contributed by atoms with E-state index in [0.717, 1.165) is 12.8 Å². The van der Waals surface area contributed by atoms with Gasteiger partial charge in [-0.05, 0) is 25.8 Å². The van der Waals surface area contributed by atoms with Crippen molar-refractivity contribution in [3.05, 3.63) is 0 Å². The molecular formula is C11H22N2O3S. The third-order valence-corrected chi connectivity index (χ3v) is 4.87. The first-order valence-corrected chi connectivity index (χ1v) is 8.01. The summed E-state index contributed by atoms with van der Waals surface area (Å²) in [7, 11) is -2.93. The first-order chi connectivity index (χ1) is 7.98. The number of amides is 1. The van der Waals surface area contributed by atoms with Gasteiger partial charge in [-0.1, -0.05) is 13.3 Å². The maximum Gasteiger partial charge on any atom is 0.223 e. The van der Waals surface area contributed by atoms with Gasteiger partial charge in [-0.15, -0.1) is 0 Å². The molecular weight excluding hydrogens is 240 g/mol. The molecule has 0 aromatic carbocycles. The van der Waals surface area contributed by atoms with Gasteiger partial charge in [0.25, 0.3) is 0 Å². The molecule has 1 fully saturated rings. The van der Waals surface area contributed by atoms with Crippen molar-refractivity contribution in [2.24, 2.45) is 11.7 Å². The average molecular weight is 262 g/mol. The second-order valence-corrected chi connectivity index (χ2v) is 6.90. The molecule has 0 aliphatic carbocycles. The average Bonchev–Trinajstić information content (AvgIpc) is 2.57. The standard InChI is InChI=1S/C11H22N2O3S/c1-2-3-9(4-6-12)11(14)13-10-5-7-17(15,16)8-10/h9-10H,2-8,12H2,1H3,(H,13,14). The molecule has 1 amide bonds. The van der Waals surface area contributed by atoms with Crippen LogP contribution in [0.5, 0.6) is 0 Å². The van der Waals surface area contributed by atoms with Gasteiger partial charge in [-0.25, -0.2) is 8.42 Å². The van der Waals surface area contributed by atoms with Crippen molar-refractivity contribution in [1.29, 1.82) is 0 Å². The van der Waals surface area contributed by atoms with Crippen LogP contribution in [0.25, 0.3) is 0 Å². The van der Waals surface area contributed by atoms with E-state index < -0.39 is 9.84 Å². The monoisotopic (exact) mass is 262 g/mol. The van der Waals surface area contributed by atoms with Gasteiger partial charge in [0, 0.05) is 12.0 Å². The second-order valence-electron chi connectivity index (χ2n) is 4.67. The van der Waals surface area contributed by atoms with E-state index in [-0.39, 0.29) is 29.4 Å². The normalized spacial score (nSPS) is 24.5. The molecule has 2 unspecified atom stereocenters. The summed E-state index contributed by atoms with van der Waals surface area (Å²) in [6.07, 6.45) is 2.94. The summed E-state index contributed by atoms with van der Waals surface area (Å²) < 4.78 is 22.5. The van der Waals surface area contributed by atoms with Crippen molar-refractivity contribution in [2.45, 2.75) is 38.6 Å². The number of nitrogens with one attached hydrogen (secondary N) is 1. The molecule has 5 nitrogen and oxygen atoms in total. The van der Waals surface area contributed by atoms with E-state index in [0.29, 0.717) is 19.4 Å². The van der Waals surface area contributed by atoms with Gasteiger partial charge in [0.05, 0.1) is 11.5 Å². The first kappa shape index (κ1) is 14.4. The number of hydrogen-bond donors (Lipinski definition) is 2. The highest BCUT2D eigenvalue weighted by Gasteiger charge is 2.30. The summed E-state index contributed by atoms with van der Waals surface area (Å²) in [6, 6.07) is -0.204. The molecule has 0 aromatic rings. The Balaban J connectivity index is 2.47. The SMILES string of the molecule is CCCC(CCN)C(=O)NC1CCS(=O)(=O)C1. The van der Waals surface area contributed by atoms with Crippen molar-refractivity contribution in [3.8, 4) is 0 Å². The predicted octanol–water partition coefficient (Wildman–Crippen LogP) is 0.0548. The Bertz CT molecular complexity index is 348. The van der Waals surface area contributed by atoms with Crippen LogP contribution < -0.4 is 11.1 Å². The van der Waals surface area contributed by atoms with Crippen LogP contribution in [0.4, 0.5) is 0 Å². The first-order valence-electron chi connectivity index (χ1n) is 6.19. The lowest BCUT2D eigenvalue weighted by Gasteiger charge is -2.18. The molecule has 3 N–H and O–H groups in total. The van der Waals surface area contributed by atoms with Crippen molar-refractivity contribution < 1.29 is 13.2 Å². The molecule has 6 heteroatoms. The largest absolute Gasteiger partial charge is 0.352 e. The zero-order chi connectivity index (χ0) is 12.9. The number of carbonyl (C=O) groups is 1. The van der Waals surface area contributed by atoms with Crippen molar-refractivity contribution in [1.82, 2.24) is 5.32 Å². The fourth-order valence-corrected chi connectivity index (χ4v) is 3.86. The molecule has 2 atom stereocenters. The minimum atomic E-state index is -2.93. The molecule has 0 spiro atoms. The molecule has 100 valence electrons. The molecule has 1 aliphatic rings. The zero-order valence-electron chi connectivity index (χ0n) is 10.3. The molecule has 17 heavy (non-hydrogen) atoms. The summed E-state index contributed by atoms with van der Waals surface area (Å²) in [5, 5.41) is 2.83. The van der Waals surface area contributed by atoms with Crippen molar-refractivity contribution in [3.63, 3.8) is 0 Å². The fraction of sp³-hybridized carbons (Fsp3) is 0.909. The van der Waals surface area contributed by atoms with Gasteiger partial charge in [-0.3, -0.25) is 4.79 Å². The Hall–Kier alpha value is -0.620. The summed E-state index contributed by atoms with van der Waals surface area (Å²) in [5.74, 6) is 0.153. The van der Waals surface area contributed by atoms with Crippen LogP contribution in [0.2, 0.25) is 0 Å².